The van der Waals surface area contributed by atoms with Crippen molar-refractivity contribution in [2.75, 3.05) is 27.9 Å². The number of nitrogens with one attached hydrogen (secondary N) is 1. The van der Waals surface area contributed by atoms with E-state index in [2.05, 4.69) is 27.3 Å². The monoisotopic (exact) mass is 550 g/mol. The molecule has 3 aromatic carbocycles. The van der Waals surface area contributed by atoms with Crippen LogP contribution in [0.1, 0.15) is 44.6 Å². The summed E-state index contributed by atoms with van der Waals surface area (Å²) in [4.78, 5) is 29.5. The Bertz CT molecular complexity index is 1340. The topological polar surface area (TPSA) is 77.1 Å². The fourth-order valence-electron chi connectivity index (χ4n) is 5.31. The molecule has 186 valence electrons. The summed E-state index contributed by atoms with van der Waals surface area (Å²) in [6.07, 6.45) is 0.741. The minimum absolute atomic E-state index is 0.108. The van der Waals surface area contributed by atoms with E-state index in [0.29, 0.717) is 34.9 Å². The molecular formula is C28H27BrN2O5. The van der Waals surface area contributed by atoms with Gasteiger partial charge in [0, 0.05) is 28.7 Å². The fraction of sp³-hybridized carbons (Fsp3) is 0.286. The van der Waals surface area contributed by atoms with Crippen molar-refractivity contribution >= 4 is 27.7 Å². The molecule has 8 heteroatoms. The molecular weight excluding hydrogens is 524 g/mol. The van der Waals surface area contributed by atoms with Crippen LogP contribution >= 0.6 is 15.9 Å². The molecule has 2 heterocycles. The summed E-state index contributed by atoms with van der Waals surface area (Å²) in [5.74, 6) is 0.713. The average Bonchev–Trinajstić information content (AvgIpc) is 2.91. The summed E-state index contributed by atoms with van der Waals surface area (Å²) in [5.41, 5.74) is 4.10. The van der Waals surface area contributed by atoms with Crippen molar-refractivity contribution in [1.82, 2.24) is 10.2 Å². The van der Waals surface area contributed by atoms with Gasteiger partial charge in [-0.15, -0.1) is 0 Å². The molecule has 0 aliphatic carbocycles. The van der Waals surface area contributed by atoms with Gasteiger partial charge in [0.2, 0.25) is 5.91 Å². The Balaban J connectivity index is 1.60. The van der Waals surface area contributed by atoms with Gasteiger partial charge in [0.05, 0.1) is 33.3 Å². The summed E-state index contributed by atoms with van der Waals surface area (Å²) >= 11 is 3.49. The second-order valence-electron chi connectivity index (χ2n) is 8.84. The highest BCUT2D eigenvalue weighted by atomic mass is 79.9. The van der Waals surface area contributed by atoms with Gasteiger partial charge in [-0.25, -0.2) is 0 Å². The summed E-state index contributed by atoms with van der Waals surface area (Å²) < 4.78 is 17.4. The van der Waals surface area contributed by atoms with E-state index in [1.54, 1.807) is 26.4 Å². The van der Waals surface area contributed by atoms with Crippen molar-refractivity contribution in [2.45, 2.75) is 24.9 Å². The van der Waals surface area contributed by atoms with Crippen molar-refractivity contribution in [2.24, 2.45) is 0 Å². The number of amides is 2. The quantitative estimate of drug-likeness (QED) is 0.484. The van der Waals surface area contributed by atoms with Gasteiger partial charge in [-0.1, -0.05) is 40.2 Å². The standard InChI is InChI=1S/C28H27BrN2O5/c1-34-22-9-8-18(29)12-17(22)15-30-27(32)25-20-13-23(35-2)24(36-3)14-21(20)28(33)31-11-10-16-6-4-5-7-19(16)26(25)31/h4-9,12-14,25-26H,10-11,15H2,1-3H3,(H,30,32)/t25-,26-/m1/s1. The van der Waals surface area contributed by atoms with Crippen molar-refractivity contribution in [1.29, 1.82) is 0 Å². The Morgan fingerprint density at radius 3 is 2.44 bits per heavy atom. The summed E-state index contributed by atoms with van der Waals surface area (Å²) in [5, 5.41) is 3.11. The lowest BCUT2D eigenvalue weighted by atomic mass is 9.75. The third-order valence-electron chi connectivity index (χ3n) is 7.01. The van der Waals surface area contributed by atoms with Crippen LogP contribution < -0.4 is 19.5 Å². The lowest BCUT2D eigenvalue weighted by Gasteiger charge is -2.45. The minimum atomic E-state index is -0.628. The van der Waals surface area contributed by atoms with E-state index < -0.39 is 12.0 Å². The van der Waals surface area contributed by atoms with Crippen LogP contribution in [0.15, 0.2) is 59.1 Å². The Labute approximate surface area is 218 Å². The van der Waals surface area contributed by atoms with E-state index in [4.69, 9.17) is 14.2 Å². The number of fused-ring (bicyclic) bond motifs is 4. The lowest BCUT2D eigenvalue weighted by molar-refractivity contribution is -0.124. The molecule has 5 rings (SSSR count). The zero-order valence-electron chi connectivity index (χ0n) is 20.3. The number of carbonyl (C=O) groups is 2. The van der Waals surface area contributed by atoms with Gasteiger partial charge >= 0.3 is 0 Å². The van der Waals surface area contributed by atoms with Crippen LogP contribution in [0.2, 0.25) is 0 Å². The molecule has 0 unspecified atom stereocenters. The predicted octanol–water partition coefficient (Wildman–Crippen LogP) is 4.63. The number of ether oxygens (including phenoxy) is 3. The van der Waals surface area contributed by atoms with Gasteiger partial charge in [-0.05, 0) is 53.4 Å². The largest absolute Gasteiger partial charge is 0.496 e. The molecule has 2 atom stereocenters. The molecule has 0 saturated heterocycles. The second kappa shape index (κ2) is 9.85. The second-order valence-corrected chi connectivity index (χ2v) is 9.75. The molecule has 36 heavy (non-hydrogen) atoms. The number of nitrogens with zero attached hydrogens (tertiary/aromatic N) is 1. The molecule has 2 amide bonds. The molecule has 2 aliphatic rings. The smallest absolute Gasteiger partial charge is 0.254 e. The SMILES string of the molecule is COc1ccc(Br)cc1CNC(=O)[C@@H]1c2cc(OC)c(OC)cc2C(=O)N2CCc3ccccc3[C@H]12. The molecule has 7 nitrogen and oxygen atoms in total. The van der Waals surface area contributed by atoms with Gasteiger partial charge in [-0.3, -0.25) is 9.59 Å². The van der Waals surface area contributed by atoms with E-state index >= 15 is 0 Å². The Morgan fingerprint density at radius 2 is 1.69 bits per heavy atom. The van der Waals surface area contributed by atoms with E-state index in [1.165, 1.54) is 7.11 Å². The first-order valence-electron chi connectivity index (χ1n) is 11.7. The highest BCUT2D eigenvalue weighted by molar-refractivity contribution is 9.10. The Hall–Kier alpha value is -3.52. The predicted molar refractivity (Wildman–Crippen MR) is 139 cm³/mol. The molecule has 2 aliphatic heterocycles. The van der Waals surface area contributed by atoms with Gasteiger partial charge in [0.25, 0.3) is 5.91 Å². The highest BCUT2D eigenvalue weighted by Crippen LogP contribution is 2.48. The minimum Gasteiger partial charge on any atom is -0.496 e. The van der Waals surface area contributed by atoms with Gasteiger partial charge in [0.1, 0.15) is 5.75 Å². The van der Waals surface area contributed by atoms with Crippen LogP contribution in [0.3, 0.4) is 0 Å². The first-order chi connectivity index (χ1) is 17.5. The summed E-state index contributed by atoms with van der Waals surface area (Å²) in [6, 6.07) is 16.7. The molecule has 0 spiro atoms. The van der Waals surface area contributed by atoms with Crippen LogP contribution in [0.5, 0.6) is 17.2 Å². The summed E-state index contributed by atoms with van der Waals surface area (Å²) in [6.45, 7) is 0.820. The highest BCUT2D eigenvalue weighted by Gasteiger charge is 2.46. The average molecular weight is 551 g/mol. The number of halogens is 1. The molecule has 0 bridgehead atoms. The first-order valence-corrected chi connectivity index (χ1v) is 12.5. The van der Waals surface area contributed by atoms with E-state index in [-0.39, 0.29) is 18.4 Å². The van der Waals surface area contributed by atoms with Crippen molar-refractivity contribution in [3.63, 3.8) is 0 Å². The number of carbonyl (C=O) groups excluding carboxylic acids is 2. The number of hydrogen-bond acceptors (Lipinski definition) is 5. The molecule has 0 radical (unpaired) electrons. The molecule has 0 aromatic heterocycles. The molecule has 0 saturated carbocycles. The third kappa shape index (κ3) is 4.09. The van der Waals surface area contributed by atoms with Crippen LogP contribution in [0.25, 0.3) is 0 Å². The maximum absolute atomic E-state index is 14.0. The normalized spacial score (nSPS) is 18.0. The van der Waals surface area contributed by atoms with E-state index in [9.17, 15) is 9.59 Å². The third-order valence-corrected chi connectivity index (χ3v) is 7.50. The molecule has 0 fully saturated rings. The number of methoxy groups -OCH3 is 3. The molecule has 3 aromatic rings. The number of hydrogen-bond donors (Lipinski definition) is 1. The maximum Gasteiger partial charge on any atom is 0.254 e. The van der Waals surface area contributed by atoms with Crippen molar-refractivity contribution in [3.8, 4) is 17.2 Å². The maximum atomic E-state index is 14.0. The Kier molecular flexibility index (Phi) is 6.62. The fourth-order valence-corrected chi connectivity index (χ4v) is 5.72. The van der Waals surface area contributed by atoms with E-state index in [0.717, 1.165) is 27.6 Å². The zero-order chi connectivity index (χ0) is 25.4. The van der Waals surface area contributed by atoms with Crippen LogP contribution in [-0.2, 0) is 17.8 Å². The first kappa shape index (κ1) is 24.2. The summed E-state index contributed by atoms with van der Waals surface area (Å²) in [7, 11) is 4.69. The zero-order valence-corrected chi connectivity index (χ0v) is 21.9. The van der Waals surface area contributed by atoms with Gasteiger partial charge in [-0.2, -0.15) is 0 Å². The van der Waals surface area contributed by atoms with Crippen molar-refractivity contribution < 1.29 is 23.8 Å². The van der Waals surface area contributed by atoms with Crippen LogP contribution in [0, 0.1) is 0 Å². The lowest BCUT2D eigenvalue weighted by Crippen LogP contribution is -2.50. The van der Waals surface area contributed by atoms with Crippen molar-refractivity contribution in [3.05, 3.63) is 86.9 Å². The van der Waals surface area contributed by atoms with E-state index in [1.807, 2.05) is 41.3 Å². The number of benzene rings is 3. The number of rotatable bonds is 6. The van der Waals surface area contributed by atoms with Crippen LogP contribution in [0.4, 0.5) is 0 Å². The molecule has 1 N–H and O–H groups in total. The van der Waals surface area contributed by atoms with Gasteiger partial charge in [0.15, 0.2) is 11.5 Å². The van der Waals surface area contributed by atoms with Crippen LogP contribution in [-0.4, -0.2) is 44.6 Å². The van der Waals surface area contributed by atoms with Gasteiger partial charge < -0.3 is 24.4 Å². The Morgan fingerprint density at radius 1 is 0.972 bits per heavy atom.